The summed E-state index contributed by atoms with van der Waals surface area (Å²) in [6.45, 7) is 11.6. The number of allylic oxidation sites excluding steroid dienone is 3. The number of methoxy groups -OCH3 is 1. The number of benzene rings is 2. The normalized spacial score (nSPS) is 23.5. The molecule has 1 fully saturated rings. The van der Waals surface area contributed by atoms with E-state index in [1.54, 1.807) is 61.5 Å². The Labute approximate surface area is 256 Å². The van der Waals surface area contributed by atoms with E-state index in [1.807, 2.05) is 13.0 Å². The van der Waals surface area contributed by atoms with Gasteiger partial charge in [-0.15, -0.1) is 0 Å². The zero-order valence-electron chi connectivity index (χ0n) is 26.4. The maximum absolute atomic E-state index is 15.8. The van der Waals surface area contributed by atoms with Gasteiger partial charge < -0.3 is 28.9 Å². The van der Waals surface area contributed by atoms with Crippen molar-refractivity contribution in [2.45, 2.75) is 77.3 Å². The highest BCUT2D eigenvalue weighted by Gasteiger charge is 2.66. The van der Waals surface area contributed by atoms with Crippen LogP contribution in [0.2, 0.25) is 18.6 Å². The number of carbonyl (C=O) groups excluding carboxylic acids is 2. The van der Waals surface area contributed by atoms with Gasteiger partial charge in [0.05, 0.1) is 18.9 Å². The second-order valence-corrected chi connectivity index (χ2v) is 16.3. The number of anilines is 2. The second kappa shape index (κ2) is 13.2. The number of halogens is 1. The molecule has 2 aliphatic heterocycles. The molecule has 2 heterocycles. The summed E-state index contributed by atoms with van der Waals surface area (Å²) in [6, 6.07) is 12.2. The molecule has 7 nitrogen and oxygen atoms in total. The van der Waals surface area contributed by atoms with Crippen molar-refractivity contribution in [2.24, 2.45) is 5.92 Å². The number of fused-ring (bicyclic) bond motifs is 2. The number of aliphatic hydroxyl groups excluding tert-OH is 1. The Hall–Kier alpha value is -3.27. The first kappa shape index (κ1) is 32.6. The standard InChI is InChI=1S/C34H45FN2O5Si/c1-22(2)9-8-10-23(3)17-19-37-29-16-13-26(36-32(39)25-11-14-27(41-5)15-12-25)21-28(29)34(33(37)40)24(4)31(43(6,7)35)30(42-34)18-20-38/h9,11-17,21,24,30-31,38H,8,10,18-20H2,1-7H3,(H,36,39)/b23-17+/t24-,30+,31-,34+/m1/s1. The number of nitrogens with one attached hydrogen (secondary N) is 1. The maximum Gasteiger partial charge on any atom is 0.264 e. The minimum atomic E-state index is -3.31. The van der Waals surface area contributed by atoms with Crippen molar-refractivity contribution < 1.29 is 28.3 Å². The molecule has 1 saturated heterocycles. The second-order valence-electron chi connectivity index (χ2n) is 12.5. The van der Waals surface area contributed by atoms with Crippen molar-refractivity contribution in [2.75, 3.05) is 30.5 Å². The van der Waals surface area contributed by atoms with Crippen LogP contribution in [0.3, 0.4) is 0 Å². The lowest BCUT2D eigenvalue weighted by atomic mass is 9.82. The molecule has 2 N–H and O–H groups in total. The smallest absolute Gasteiger partial charge is 0.264 e. The first-order valence-corrected chi connectivity index (χ1v) is 18.0. The molecule has 232 valence electrons. The lowest BCUT2D eigenvalue weighted by Gasteiger charge is -2.31. The van der Waals surface area contributed by atoms with Crippen molar-refractivity contribution in [3.8, 4) is 5.75 Å². The third-order valence-corrected chi connectivity index (χ3v) is 11.2. The predicted molar refractivity (Wildman–Crippen MR) is 172 cm³/mol. The Balaban J connectivity index is 1.73. The Morgan fingerprint density at radius 2 is 1.86 bits per heavy atom. The van der Waals surface area contributed by atoms with E-state index in [9.17, 15) is 14.7 Å². The molecule has 0 aliphatic carbocycles. The third kappa shape index (κ3) is 6.64. The fourth-order valence-corrected chi connectivity index (χ4v) is 9.13. The average Bonchev–Trinajstić information content (AvgIpc) is 3.37. The number of aliphatic hydroxyl groups is 1. The maximum atomic E-state index is 15.8. The Kier molecular flexibility index (Phi) is 9.99. The minimum absolute atomic E-state index is 0.162. The van der Waals surface area contributed by atoms with E-state index in [2.05, 4.69) is 38.2 Å². The predicted octanol–water partition coefficient (Wildman–Crippen LogP) is 7.14. The first-order chi connectivity index (χ1) is 20.3. The summed E-state index contributed by atoms with van der Waals surface area (Å²) in [5, 5.41) is 12.8. The fraction of sp³-hybridized carbons (Fsp3) is 0.471. The van der Waals surface area contributed by atoms with Crippen molar-refractivity contribution in [1.82, 2.24) is 0 Å². The van der Waals surface area contributed by atoms with E-state index >= 15 is 4.11 Å². The van der Waals surface area contributed by atoms with Crippen LogP contribution in [0.15, 0.2) is 65.8 Å². The van der Waals surface area contributed by atoms with Crippen LogP contribution in [0.4, 0.5) is 15.5 Å². The summed E-state index contributed by atoms with van der Waals surface area (Å²) >= 11 is 0. The lowest BCUT2D eigenvalue weighted by molar-refractivity contribution is -0.146. The Morgan fingerprint density at radius 3 is 2.47 bits per heavy atom. The molecule has 4 atom stereocenters. The van der Waals surface area contributed by atoms with Gasteiger partial charge in [-0.25, -0.2) is 0 Å². The van der Waals surface area contributed by atoms with E-state index in [1.165, 1.54) is 11.1 Å². The molecule has 1 spiro atoms. The summed E-state index contributed by atoms with van der Waals surface area (Å²) in [5.41, 5.74) is 2.82. The molecule has 9 heteroatoms. The van der Waals surface area contributed by atoms with E-state index < -0.39 is 31.6 Å². The summed E-state index contributed by atoms with van der Waals surface area (Å²) in [5.74, 6) is -0.357. The van der Waals surface area contributed by atoms with Crippen LogP contribution < -0.4 is 15.0 Å². The molecule has 0 unspecified atom stereocenters. The fourth-order valence-electron chi connectivity index (χ4n) is 6.59. The van der Waals surface area contributed by atoms with Crippen molar-refractivity contribution in [3.63, 3.8) is 0 Å². The molecule has 0 aromatic heterocycles. The molecule has 2 aromatic rings. The average molecular weight is 609 g/mol. The van der Waals surface area contributed by atoms with Gasteiger partial charge in [0.1, 0.15) is 5.75 Å². The Bertz CT molecular complexity index is 1400. The van der Waals surface area contributed by atoms with Gasteiger partial charge in [0.15, 0.2) is 5.60 Å². The van der Waals surface area contributed by atoms with E-state index in [0.29, 0.717) is 34.8 Å². The molecule has 2 aliphatic rings. The highest BCUT2D eigenvalue weighted by Crippen LogP contribution is 2.60. The van der Waals surface area contributed by atoms with Crippen LogP contribution in [-0.4, -0.2) is 51.7 Å². The van der Waals surface area contributed by atoms with Gasteiger partial charge in [-0.2, -0.15) is 0 Å². The van der Waals surface area contributed by atoms with Gasteiger partial charge in [-0.3, -0.25) is 9.59 Å². The zero-order valence-corrected chi connectivity index (χ0v) is 27.4. The summed E-state index contributed by atoms with van der Waals surface area (Å²) in [6.07, 6.45) is 5.73. The van der Waals surface area contributed by atoms with Gasteiger partial charge in [-0.1, -0.05) is 30.2 Å². The van der Waals surface area contributed by atoms with E-state index in [4.69, 9.17) is 9.47 Å². The van der Waals surface area contributed by atoms with Crippen LogP contribution >= 0.6 is 0 Å². The zero-order chi connectivity index (χ0) is 31.5. The van der Waals surface area contributed by atoms with Crippen LogP contribution in [0.5, 0.6) is 5.75 Å². The van der Waals surface area contributed by atoms with E-state index in [0.717, 1.165) is 12.8 Å². The van der Waals surface area contributed by atoms with Crippen LogP contribution in [0.1, 0.15) is 62.9 Å². The number of carbonyl (C=O) groups is 2. The number of nitrogens with zero attached hydrogens (tertiary/aromatic N) is 1. The molecule has 4 rings (SSSR count). The van der Waals surface area contributed by atoms with Gasteiger partial charge in [0.2, 0.25) is 8.41 Å². The van der Waals surface area contributed by atoms with Crippen LogP contribution in [0, 0.1) is 5.92 Å². The van der Waals surface area contributed by atoms with Gasteiger partial charge >= 0.3 is 0 Å². The number of hydrogen-bond donors (Lipinski definition) is 2. The highest BCUT2D eigenvalue weighted by atomic mass is 28.4. The van der Waals surface area contributed by atoms with Gasteiger partial charge in [0.25, 0.3) is 11.8 Å². The lowest BCUT2D eigenvalue weighted by Crippen LogP contribution is -2.45. The van der Waals surface area contributed by atoms with Crippen molar-refractivity contribution in [3.05, 3.63) is 76.9 Å². The number of hydrogen-bond acceptors (Lipinski definition) is 5. The van der Waals surface area contributed by atoms with E-state index in [-0.39, 0.29) is 24.8 Å². The molecule has 0 saturated carbocycles. The summed E-state index contributed by atoms with van der Waals surface area (Å²) < 4.78 is 27.7. The molecule has 2 amide bonds. The topological polar surface area (TPSA) is 88.1 Å². The monoisotopic (exact) mass is 608 g/mol. The molecule has 43 heavy (non-hydrogen) atoms. The highest BCUT2D eigenvalue weighted by molar-refractivity contribution is 6.72. The Morgan fingerprint density at radius 1 is 1.16 bits per heavy atom. The molecule has 0 bridgehead atoms. The first-order valence-electron chi connectivity index (χ1n) is 15.0. The minimum Gasteiger partial charge on any atom is -0.497 e. The largest absolute Gasteiger partial charge is 0.497 e. The molecule has 0 radical (unpaired) electrons. The third-order valence-electron chi connectivity index (χ3n) is 8.70. The van der Waals surface area contributed by atoms with Gasteiger partial charge in [0, 0.05) is 41.4 Å². The number of rotatable bonds is 11. The number of ether oxygens (including phenoxy) is 2. The molecular weight excluding hydrogens is 563 g/mol. The summed E-state index contributed by atoms with van der Waals surface area (Å²) in [4.78, 5) is 29.3. The summed E-state index contributed by atoms with van der Waals surface area (Å²) in [7, 11) is -1.75. The number of amides is 2. The molecular formula is C34H45FN2O5Si. The van der Waals surface area contributed by atoms with Crippen LogP contribution in [-0.2, 0) is 15.1 Å². The SMILES string of the molecule is COc1ccc(C(=O)Nc2ccc3c(c2)[C@]2(O[C@@H](CCO)[C@H]([Si](C)(C)F)[C@H]2C)C(=O)N3C/C=C(\C)CCC=C(C)C)cc1. The molecule has 2 aromatic carbocycles. The van der Waals surface area contributed by atoms with Crippen molar-refractivity contribution >= 4 is 31.6 Å². The quantitative estimate of drug-likeness (QED) is 0.161. The van der Waals surface area contributed by atoms with Gasteiger partial charge in [-0.05, 0) is 95.6 Å². The van der Waals surface area contributed by atoms with Crippen LogP contribution in [0.25, 0.3) is 0 Å². The van der Waals surface area contributed by atoms with Crippen molar-refractivity contribution in [1.29, 1.82) is 0 Å².